The normalized spacial score (nSPS) is 16.9. The summed E-state index contributed by atoms with van der Waals surface area (Å²) in [5, 5.41) is 9.50. The highest BCUT2D eigenvalue weighted by atomic mass is 28.4. The van der Waals surface area contributed by atoms with Crippen molar-refractivity contribution >= 4 is 8.32 Å². The summed E-state index contributed by atoms with van der Waals surface area (Å²) in [6.07, 6.45) is 3.31. The Labute approximate surface area is 102 Å². The maximum absolute atomic E-state index is 9.28. The van der Waals surface area contributed by atoms with Crippen LogP contribution in [0.15, 0.2) is 12.7 Å². The first kappa shape index (κ1) is 15.9. The number of rotatable bonds is 6. The van der Waals surface area contributed by atoms with Crippen molar-refractivity contribution in [2.75, 3.05) is 0 Å². The summed E-state index contributed by atoms with van der Waals surface area (Å²) >= 11 is 0. The van der Waals surface area contributed by atoms with Crippen LogP contribution in [0.5, 0.6) is 0 Å². The Morgan fingerprint density at radius 2 is 1.81 bits per heavy atom. The van der Waals surface area contributed by atoms with Gasteiger partial charge in [-0.05, 0) is 37.9 Å². The highest BCUT2D eigenvalue weighted by molar-refractivity contribution is 6.74. The number of aliphatic hydroxyl groups is 1. The van der Waals surface area contributed by atoms with Gasteiger partial charge in [-0.2, -0.15) is 0 Å². The molecular weight excluding hydrogens is 216 g/mol. The Balaban J connectivity index is 4.37. The molecule has 0 radical (unpaired) electrons. The molecule has 0 bridgehead atoms. The number of aliphatic hydroxyl groups excluding tert-OH is 1. The van der Waals surface area contributed by atoms with E-state index < -0.39 is 8.32 Å². The third kappa shape index (κ3) is 5.28. The van der Waals surface area contributed by atoms with Crippen molar-refractivity contribution in [3.8, 4) is 0 Å². The van der Waals surface area contributed by atoms with Crippen molar-refractivity contribution in [1.82, 2.24) is 0 Å². The predicted octanol–water partition coefficient (Wildman–Crippen LogP) is 3.72. The topological polar surface area (TPSA) is 29.5 Å². The van der Waals surface area contributed by atoms with E-state index >= 15 is 0 Å². The van der Waals surface area contributed by atoms with Crippen LogP contribution in [0.25, 0.3) is 0 Å². The average molecular weight is 244 g/mol. The first-order valence-corrected chi connectivity index (χ1v) is 8.99. The molecule has 0 aromatic heterocycles. The molecular formula is C13H28O2Si. The Kier molecular flexibility index (Phi) is 5.94. The quantitative estimate of drug-likeness (QED) is 0.570. The van der Waals surface area contributed by atoms with Gasteiger partial charge < -0.3 is 9.53 Å². The minimum Gasteiger partial charge on any atom is -0.411 e. The standard InChI is InChI=1S/C13H28O2Si/c1-8-12(10-9-11(2)14)15-16(6,7)13(3,4)5/h8,11-12,14H,1,9-10H2,2-7H3. The third-order valence-corrected chi connectivity index (χ3v) is 7.89. The molecule has 1 N–H and O–H groups in total. The second-order valence-corrected chi connectivity index (χ2v) is 10.8. The van der Waals surface area contributed by atoms with Crippen LogP contribution in [0.4, 0.5) is 0 Å². The molecule has 0 aliphatic carbocycles. The molecule has 0 aromatic carbocycles. The van der Waals surface area contributed by atoms with Crippen molar-refractivity contribution in [2.24, 2.45) is 0 Å². The zero-order chi connectivity index (χ0) is 13.0. The molecule has 2 unspecified atom stereocenters. The summed E-state index contributed by atoms with van der Waals surface area (Å²) in [5.41, 5.74) is 0. The third-order valence-electron chi connectivity index (χ3n) is 3.38. The molecule has 0 amide bonds. The van der Waals surface area contributed by atoms with E-state index in [9.17, 15) is 5.11 Å². The van der Waals surface area contributed by atoms with Gasteiger partial charge in [0.25, 0.3) is 0 Å². The summed E-state index contributed by atoms with van der Waals surface area (Å²) in [6, 6.07) is 0. The number of hydrogen-bond donors (Lipinski definition) is 1. The average Bonchev–Trinajstić information content (AvgIpc) is 2.09. The van der Waals surface area contributed by atoms with E-state index in [4.69, 9.17) is 4.43 Å². The van der Waals surface area contributed by atoms with Gasteiger partial charge in [-0.15, -0.1) is 6.58 Å². The van der Waals surface area contributed by atoms with Gasteiger partial charge in [-0.3, -0.25) is 0 Å². The molecule has 2 nitrogen and oxygen atoms in total. The molecule has 0 saturated carbocycles. The Hall–Kier alpha value is -0.123. The fourth-order valence-corrected chi connectivity index (χ4v) is 2.51. The lowest BCUT2D eigenvalue weighted by molar-refractivity contribution is 0.149. The fourth-order valence-electron chi connectivity index (χ4n) is 1.19. The SMILES string of the molecule is C=CC(CCC(C)O)O[Si](C)(C)C(C)(C)C. The predicted molar refractivity (Wildman–Crippen MR) is 73.2 cm³/mol. The maximum Gasteiger partial charge on any atom is 0.192 e. The molecule has 16 heavy (non-hydrogen) atoms. The lowest BCUT2D eigenvalue weighted by Crippen LogP contribution is -2.43. The van der Waals surface area contributed by atoms with Gasteiger partial charge in [-0.1, -0.05) is 26.8 Å². The Morgan fingerprint density at radius 1 is 1.31 bits per heavy atom. The maximum atomic E-state index is 9.28. The minimum absolute atomic E-state index is 0.0792. The second kappa shape index (κ2) is 5.99. The molecule has 3 heteroatoms. The molecule has 0 aliphatic rings. The molecule has 0 aliphatic heterocycles. The lowest BCUT2D eigenvalue weighted by Gasteiger charge is -2.38. The van der Waals surface area contributed by atoms with Crippen LogP contribution in [0, 0.1) is 0 Å². The first-order chi connectivity index (χ1) is 7.10. The Morgan fingerprint density at radius 3 is 2.12 bits per heavy atom. The van der Waals surface area contributed by atoms with Gasteiger partial charge in [0.15, 0.2) is 8.32 Å². The van der Waals surface area contributed by atoms with E-state index in [-0.39, 0.29) is 17.2 Å². The Bertz CT molecular complexity index is 216. The second-order valence-electron chi connectivity index (χ2n) is 6.08. The fraction of sp³-hybridized carbons (Fsp3) is 0.846. The van der Waals surface area contributed by atoms with Crippen LogP contribution >= 0.6 is 0 Å². The summed E-state index contributed by atoms with van der Waals surface area (Å²) in [4.78, 5) is 0. The monoisotopic (exact) mass is 244 g/mol. The van der Waals surface area contributed by atoms with Gasteiger partial charge in [0.1, 0.15) is 0 Å². The molecule has 0 aromatic rings. The molecule has 0 fully saturated rings. The van der Waals surface area contributed by atoms with Crippen LogP contribution in [-0.4, -0.2) is 25.6 Å². The lowest BCUT2D eigenvalue weighted by atomic mass is 10.1. The smallest absolute Gasteiger partial charge is 0.192 e. The van der Waals surface area contributed by atoms with Crippen LogP contribution in [0.2, 0.25) is 18.1 Å². The van der Waals surface area contributed by atoms with E-state index in [1.807, 2.05) is 13.0 Å². The molecule has 96 valence electrons. The molecule has 0 rings (SSSR count). The summed E-state index contributed by atoms with van der Waals surface area (Å²) in [5.74, 6) is 0. The summed E-state index contributed by atoms with van der Waals surface area (Å²) < 4.78 is 6.21. The van der Waals surface area contributed by atoms with Crippen LogP contribution in [0.1, 0.15) is 40.5 Å². The highest BCUT2D eigenvalue weighted by Gasteiger charge is 2.38. The van der Waals surface area contributed by atoms with Crippen LogP contribution in [0.3, 0.4) is 0 Å². The zero-order valence-electron chi connectivity index (χ0n) is 11.7. The van der Waals surface area contributed by atoms with E-state index in [1.165, 1.54) is 0 Å². The number of hydrogen-bond acceptors (Lipinski definition) is 2. The van der Waals surface area contributed by atoms with Gasteiger partial charge in [0.2, 0.25) is 0 Å². The van der Waals surface area contributed by atoms with Crippen LogP contribution < -0.4 is 0 Å². The molecule has 0 spiro atoms. The van der Waals surface area contributed by atoms with E-state index in [0.717, 1.165) is 12.8 Å². The summed E-state index contributed by atoms with van der Waals surface area (Å²) in [7, 11) is -1.71. The van der Waals surface area contributed by atoms with Gasteiger partial charge in [0, 0.05) is 0 Å². The van der Waals surface area contributed by atoms with E-state index in [2.05, 4.69) is 40.4 Å². The highest BCUT2D eigenvalue weighted by Crippen LogP contribution is 2.37. The van der Waals surface area contributed by atoms with Crippen molar-refractivity contribution in [1.29, 1.82) is 0 Å². The molecule has 2 atom stereocenters. The van der Waals surface area contributed by atoms with E-state index in [0.29, 0.717) is 0 Å². The van der Waals surface area contributed by atoms with Crippen molar-refractivity contribution in [2.45, 2.75) is 70.9 Å². The summed E-state index contributed by atoms with van der Waals surface area (Å²) in [6.45, 7) is 16.8. The van der Waals surface area contributed by atoms with Crippen molar-refractivity contribution in [3.05, 3.63) is 12.7 Å². The molecule has 0 heterocycles. The van der Waals surface area contributed by atoms with Gasteiger partial charge in [0.05, 0.1) is 12.2 Å². The largest absolute Gasteiger partial charge is 0.411 e. The van der Waals surface area contributed by atoms with Crippen molar-refractivity contribution in [3.63, 3.8) is 0 Å². The van der Waals surface area contributed by atoms with Crippen LogP contribution in [-0.2, 0) is 4.43 Å². The first-order valence-electron chi connectivity index (χ1n) is 6.08. The van der Waals surface area contributed by atoms with Gasteiger partial charge >= 0.3 is 0 Å². The van der Waals surface area contributed by atoms with Gasteiger partial charge in [-0.25, -0.2) is 0 Å². The zero-order valence-corrected chi connectivity index (χ0v) is 12.7. The van der Waals surface area contributed by atoms with E-state index in [1.54, 1.807) is 0 Å². The minimum atomic E-state index is -1.71. The van der Waals surface area contributed by atoms with Crippen molar-refractivity contribution < 1.29 is 9.53 Å². The molecule has 0 saturated heterocycles.